The van der Waals surface area contributed by atoms with E-state index in [9.17, 15) is 0 Å². The van der Waals surface area contributed by atoms with Gasteiger partial charge in [-0.1, -0.05) is 24.8 Å². The quantitative estimate of drug-likeness (QED) is 0.813. The lowest BCUT2D eigenvalue weighted by Gasteiger charge is -2.08. The lowest BCUT2D eigenvalue weighted by molar-refractivity contribution is 0.341. The van der Waals surface area contributed by atoms with Crippen LogP contribution in [0.25, 0.3) is 0 Å². The van der Waals surface area contributed by atoms with Gasteiger partial charge >= 0.3 is 0 Å². The number of nitrogens with zero attached hydrogens (tertiary/aromatic N) is 1. The molecule has 3 heteroatoms. The Kier molecular flexibility index (Phi) is 3.02. The zero-order chi connectivity index (χ0) is 10.5. The highest BCUT2D eigenvalue weighted by Gasteiger charge is 2.08. The molecule has 0 spiro atoms. The maximum atomic E-state index is 5.31. The topological polar surface area (TPSA) is 33.6 Å². The van der Waals surface area contributed by atoms with E-state index >= 15 is 0 Å². The number of rotatable bonds is 4. The molecule has 0 bridgehead atoms. The molecule has 0 saturated carbocycles. The molecule has 2 rings (SSSR count). The van der Waals surface area contributed by atoms with Crippen molar-refractivity contribution in [1.29, 1.82) is 0 Å². The minimum Gasteiger partial charge on any atom is -0.479 e. The van der Waals surface area contributed by atoms with Gasteiger partial charge in [-0.05, 0) is 12.1 Å². The maximum absolute atomic E-state index is 5.31. The standard InChI is InChI=1S/C12H14N2O/c1-10(9-12-13-7-8-15-12)14-11-5-3-2-4-6-11/h2-6,14H,1,7-9H2. The summed E-state index contributed by atoms with van der Waals surface area (Å²) in [5, 5.41) is 3.21. The Morgan fingerprint density at radius 1 is 1.40 bits per heavy atom. The van der Waals surface area contributed by atoms with Crippen LogP contribution in [0, 0.1) is 0 Å². The van der Waals surface area contributed by atoms with E-state index in [1.165, 1.54) is 0 Å². The molecule has 1 aliphatic heterocycles. The fourth-order valence-electron chi connectivity index (χ4n) is 1.44. The molecule has 3 nitrogen and oxygen atoms in total. The molecule has 1 heterocycles. The van der Waals surface area contributed by atoms with Crippen molar-refractivity contribution in [3.8, 4) is 0 Å². The zero-order valence-electron chi connectivity index (χ0n) is 8.57. The van der Waals surface area contributed by atoms with Crippen molar-refractivity contribution in [2.45, 2.75) is 6.42 Å². The Morgan fingerprint density at radius 3 is 2.87 bits per heavy atom. The average molecular weight is 202 g/mol. The highest BCUT2D eigenvalue weighted by atomic mass is 16.5. The molecule has 0 radical (unpaired) electrons. The number of aliphatic imine (C=N–C) groups is 1. The molecule has 0 aromatic heterocycles. The van der Waals surface area contributed by atoms with Gasteiger partial charge in [0.15, 0.2) is 5.90 Å². The van der Waals surface area contributed by atoms with Crippen molar-refractivity contribution < 1.29 is 4.74 Å². The Balaban J connectivity index is 1.87. The van der Waals surface area contributed by atoms with Crippen LogP contribution < -0.4 is 5.32 Å². The number of hydrogen-bond donors (Lipinski definition) is 1. The molecule has 0 fully saturated rings. The van der Waals surface area contributed by atoms with Crippen molar-refractivity contribution in [3.63, 3.8) is 0 Å². The third-order valence-electron chi connectivity index (χ3n) is 2.11. The Morgan fingerprint density at radius 2 is 2.20 bits per heavy atom. The largest absolute Gasteiger partial charge is 0.479 e. The van der Waals surface area contributed by atoms with Crippen LogP contribution in [0.4, 0.5) is 5.69 Å². The van der Waals surface area contributed by atoms with Gasteiger partial charge in [0.05, 0.1) is 13.0 Å². The van der Waals surface area contributed by atoms with Gasteiger partial charge in [0, 0.05) is 11.4 Å². The third kappa shape index (κ3) is 2.84. The van der Waals surface area contributed by atoms with E-state index in [0.29, 0.717) is 13.0 Å². The Bertz CT molecular complexity index is 370. The SMILES string of the molecule is C=C(CC1=NCCO1)Nc1ccccc1. The molecule has 1 aliphatic rings. The summed E-state index contributed by atoms with van der Waals surface area (Å²) in [6.45, 7) is 5.42. The van der Waals surface area contributed by atoms with Gasteiger partial charge in [0.25, 0.3) is 0 Å². The highest BCUT2D eigenvalue weighted by molar-refractivity contribution is 5.80. The monoisotopic (exact) mass is 202 g/mol. The first kappa shape index (κ1) is 9.77. The van der Waals surface area contributed by atoms with Crippen molar-refractivity contribution in [1.82, 2.24) is 0 Å². The van der Waals surface area contributed by atoms with E-state index in [4.69, 9.17) is 4.74 Å². The second-order valence-electron chi connectivity index (χ2n) is 3.40. The van der Waals surface area contributed by atoms with E-state index in [2.05, 4.69) is 16.9 Å². The van der Waals surface area contributed by atoms with Gasteiger partial charge in [-0.25, -0.2) is 0 Å². The van der Waals surface area contributed by atoms with Crippen LogP contribution in [0.15, 0.2) is 47.6 Å². The lowest BCUT2D eigenvalue weighted by Crippen LogP contribution is -2.06. The van der Waals surface area contributed by atoms with Gasteiger partial charge in [-0.15, -0.1) is 0 Å². The van der Waals surface area contributed by atoms with Crippen molar-refractivity contribution in [2.75, 3.05) is 18.5 Å². The van der Waals surface area contributed by atoms with Crippen LogP contribution in [0.2, 0.25) is 0 Å². The molecule has 0 atom stereocenters. The van der Waals surface area contributed by atoms with E-state index < -0.39 is 0 Å². The van der Waals surface area contributed by atoms with E-state index in [0.717, 1.165) is 23.8 Å². The summed E-state index contributed by atoms with van der Waals surface area (Å²) in [4.78, 5) is 4.21. The Hall–Kier alpha value is -1.77. The fourth-order valence-corrected chi connectivity index (χ4v) is 1.44. The molecule has 1 aromatic rings. The van der Waals surface area contributed by atoms with Crippen LogP contribution in [0.5, 0.6) is 0 Å². The smallest absolute Gasteiger partial charge is 0.189 e. The molecular formula is C12H14N2O. The van der Waals surface area contributed by atoms with E-state index in [-0.39, 0.29) is 0 Å². The van der Waals surface area contributed by atoms with Gasteiger partial charge in [-0.2, -0.15) is 0 Å². The molecule has 78 valence electrons. The zero-order valence-corrected chi connectivity index (χ0v) is 8.57. The highest BCUT2D eigenvalue weighted by Crippen LogP contribution is 2.12. The maximum Gasteiger partial charge on any atom is 0.189 e. The first-order valence-corrected chi connectivity index (χ1v) is 5.00. The van der Waals surface area contributed by atoms with E-state index in [1.54, 1.807) is 0 Å². The predicted molar refractivity (Wildman–Crippen MR) is 62.1 cm³/mol. The lowest BCUT2D eigenvalue weighted by atomic mass is 10.3. The second kappa shape index (κ2) is 4.64. The first-order valence-electron chi connectivity index (χ1n) is 5.00. The van der Waals surface area contributed by atoms with Crippen molar-refractivity contribution >= 4 is 11.6 Å². The number of benzene rings is 1. The number of hydrogen-bond acceptors (Lipinski definition) is 3. The normalized spacial score (nSPS) is 14.3. The number of nitrogens with one attached hydrogen (secondary N) is 1. The minimum absolute atomic E-state index is 0.662. The molecule has 0 saturated heterocycles. The molecule has 1 N–H and O–H groups in total. The van der Waals surface area contributed by atoms with Gasteiger partial charge in [0.2, 0.25) is 0 Å². The summed E-state index contributed by atoms with van der Waals surface area (Å²) in [6, 6.07) is 9.96. The number of para-hydroxylation sites is 1. The van der Waals surface area contributed by atoms with Crippen LogP contribution in [-0.2, 0) is 4.74 Å². The van der Waals surface area contributed by atoms with Gasteiger partial charge in [0.1, 0.15) is 6.61 Å². The first-order chi connectivity index (χ1) is 7.34. The van der Waals surface area contributed by atoms with Crippen molar-refractivity contribution in [2.24, 2.45) is 4.99 Å². The third-order valence-corrected chi connectivity index (χ3v) is 2.11. The summed E-state index contributed by atoms with van der Waals surface area (Å²) in [5.74, 6) is 0.781. The molecule has 1 aromatic carbocycles. The summed E-state index contributed by atoms with van der Waals surface area (Å²) >= 11 is 0. The summed E-state index contributed by atoms with van der Waals surface area (Å²) < 4.78 is 5.31. The van der Waals surface area contributed by atoms with Crippen LogP contribution in [-0.4, -0.2) is 19.0 Å². The fraction of sp³-hybridized carbons (Fsp3) is 0.250. The molecule has 0 amide bonds. The molecular weight excluding hydrogens is 188 g/mol. The number of anilines is 1. The minimum atomic E-state index is 0.662. The number of ether oxygens (including phenoxy) is 1. The van der Waals surface area contributed by atoms with Crippen LogP contribution in [0.1, 0.15) is 6.42 Å². The van der Waals surface area contributed by atoms with Crippen molar-refractivity contribution in [3.05, 3.63) is 42.6 Å². The molecule has 0 unspecified atom stereocenters. The molecule has 15 heavy (non-hydrogen) atoms. The summed E-state index contributed by atoms with van der Waals surface area (Å²) in [5.41, 5.74) is 1.95. The summed E-state index contributed by atoms with van der Waals surface area (Å²) in [6.07, 6.45) is 0.662. The second-order valence-corrected chi connectivity index (χ2v) is 3.40. The predicted octanol–water partition coefficient (Wildman–Crippen LogP) is 2.43. The van der Waals surface area contributed by atoms with Crippen LogP contribution in [0.3, 0.4) is 0 Å². The summed E-state index contributed by atoms with van der Waals surface area (Å²) in [7, 11) is 0. The van der Waals surface area contributed by atoms with E-state index in [1.807, 2.05) is 30.3 Å². The van der Waals surface area contributed by atoms with Gasteiger partial charge < -0.3 is 10.1 Å². The molecule has 0 aliphatic carbocycles. The van der Waals surface area contributed by atoms with Gasteiger partial charge in [-0.3, -0.25) is 4.99 Å². The van der Waals surface area contributed by atoms with Crippen LogP contribution >= 0.6 is 0 Å². The Labute approximate surface area is 89.5 Å². The average Bonchev–Trinajstić information content (AvgIpc) is 2.71.